The molecule has 3 aromatic rings. The Morgan fingerprint density at radius 3 is 2.39 bits per heavy atom. The molecule has 31 heavy (non-hydrogen) atoms. The van der Waals surface area contributed by atoms with Gasteiger partial charge < -0.3 is 10.6 Å². The summed E-state index contributed by atoms with van der Waals surface area (Å²) < 4.78 is 1.08. The standard InChI is InChI=1S/C23H23ClN4O3/c1-4-16-7-5-6-8-19(16)26-22(30)14(2)28-23(31)21(25-15(3)29)13-20(27-28)17-9-11-18(24)12-10-17/h5-14H,4H2,1-3H3,(H,25,29)(H,26,30)/t14-/m0/s1. The predicted molar refractivity (Wildman–Crippen MR) is 122 cm³/mol. The third kappa shape index (κ3) is 5.19. The van der Waals surface area contributed by atoms with Crippen LogP contribution in [0.1, 0.15) is 32.4 Å². The summed E-state index contributed by atoms with van der Waals surface area (Å²) in [5.74, 6) is -0.789. The summed E-state index contributed by atoms with van der Waals surface area (Å²) in [7, 11) is 0. The molecule has 0 radical (unpaired) electrons. The Morgan fingerprint density at radius 2 is 1.74 bits per heavy atom. The number of hydrogen-bond donors (Lipinski definition) is 2. The van der Waals surface area contributed by atoms with E-state index in [0.717, 1.165) is 16.7 Å². The van der Waals surface area contributed by atoms with Crippen LogP contribution in [-0.2, 0) is 16.0 Å². The molecule has 0 aliphatic heterocycles. The van der Waals surface area contributed by atoms with Gasteiger partial charge in [0.05, 0.1) is 5.69 Å². The number of rotatable bonds is 6. The molecule has 160 valence electrons. The van der Waals surface area contributed by atoms with E-state index in [9.17, 15) is 14.4 Å². The molecule has 1 heterocycles. The van der Waals surface area contributed by atoms with E-state index in [1.54, 1.807) is 31.2 Å². The second-order valence-corrected chi connectivity index (χ2v) is 7.49. The van der Waals surface area contributed by atoms with Crippen molar-refractivity contribution in [3.63, 3.8) is 0 Å². The molecule has 0 aliphatic carbocycles. The molecule has 0 aliphatic rings. The SMILES string of the molecule is CCc1ccccc1NC(=O)[C@H](C)n1nc(-c2ccc(Cl)cc2)cc(NC(C)=O)c1=O. The van der Waals surface area contributed by atoms with Crippen molar-refractivity contribution in [1.82, 2.24) is 9.78 Å². The lowest BCUT2D eigenvalue weighted by Gasteiger charge is -2.18. The van der Waals surface area contributed by atoms with Gasteiger partial charge in [0.15, 0.2) is 0 Å². The number of aryl methyl sites for hydroxylation is 1. The van der Waals surface area contributed by atoms with Crippen LogP contribution in [-0.4, -0.2) is 21.6 Å². The molecular formula is C23H23ClN4O3. The van der Waals surface area contributed by atoms with Crippen LogP contribution >= 0.6 is 11.6 Å². The average Bonchev–Trinajstić information content (AvgIpc) is 2.75. The molecule has 0 saturated heterocycles. The number of anilines is 2. The van der Waals surface area contributed by atoms with E-state index in [1.807, 2.05) is 31.2 Å². The fraction of sp³-hybridized carbons (Fsp3) is 0.217. The number of amides is 2. The van der Waals surface area contributed by atoms with Gasteiger partial charge in [-0.05, 0) is 43.2 Å². The Hall–Kier alpha value is -3.45. The second kappa shape index (κ2) is 9.57. The highest BCUT2D eigenvalue weighted by Gasteiger charge is 2.21. The summed E-state index contributed by atoms with van der Waals surface area (Å²) in [6, 6.07) is 14.9. The zero-order chi connectivity index (χ0) is 22.5. The first-order chi connectivity index (χ1) is 14.8. The molecule has 1 aromatic heterocycles. The van der Waals surface area contributed by atoms with Gasteiger partial charge in [0, 0.05) is 23.2 Å². The molecule has 1 atom stereocenters. The Kier molecular flexibility index (Phi) is 6.87. The number of para-hydroxylation sites is 1. The fourth-order valence-electron chi connectivity index (χ4n) is 3.11. The minimum absolute atomic E-state index is 0.0426. The normalized spacial score (nSPS) is 11.6. The first-order valence-electron chi connectivity index (χ1n) is 9.86. The lowest BCUT2D eigenvalue weighted by atomic mass is 10.1. The highest BCUT2D eigenvalue weighted by molar-refractivity contribution is 6.30. The van der Waals surface area contributed by atoms with Crippen molar-refractivity contribution in [2.75, 3.05) is 10.6 Å². The molecule has 2 N–H and O–H groups in total. The van der Waals surface area contributed by atoms with Crippen LogP contribution in [0.25, 0.3) is 11.3 Å². The number of halogens is 1. The summed E-state index contributed by atoms with van der Waals surface area (Å²) >= 11 is 5.96. The number of nitrogens with zero attached hydrogens (tertiary/aromatic N) is 2. The Morgan fingerprint density at radius 1 is 1.06 bits per heavy atom. The monoisotopic (exact) mass is 438 g/mol. The van der Waals surface area contributed by atoms with Crippen molar-refractivity contribution in [3.8, 4) is 11.3 Å². The number of hydrogen-bond acceptors (Lipinski definition) is 4. The van der Waals surface area contributed by atoms with Gasteiger partial charge in [-0.1, -0.05) is 48.9 Å². The van der Waals surface area contributed by atoms with E-state index < -0.39 is 23.4 Å². The van der Waals surface area contributed by atoms with Crippen LogP contribution in [0.15, 0.2) is 59.4 Å². The molecule has 0 bridgehead atoms. The minimum Gasteiger partial charge on any atom is -0.324 e. The molecule has 0 saturated carbocycles. The van der Waals surface area contributed by atoms with Crippen molar-refractivity contribution >= 4 is 34.8 Å². The summed E-state index contributed by atoms with van der Waals surface area (Å²) in [6.45, 7) is 4.89. The maximum absolute atomic E-state index is 12.9. The van der Waals surface area contributed by atoms with Crippen LogP contribution in [0.4, 0.5) is 11.4 Å². The molecule has 2 amide bonds. The highest BCUT2D eigenvalue weighted by Crippen LogP contribution is 2.22. The number of aromatic nitrogens is 2. The number of benzene rings is 2. The van der Waals surface area contributed by atoms with Crippen LogP contribution in [0.5, 0.6) is 0 Å². The lowest BCUT2D eigenvalue weighted by molar-refractivity contribution is -0.119. The van der Waals surface area contributed by atoms with E-state index in [-0.39, 0.29) is 5.69 Å². The first kappa shape index (κ1) is 22.2. The molecule has 0 unspecified atom stereocenters. The van der Waals surface area contributed by atoms with Crippen molar-refractivity contribution < 1.29 is 9.59 Å². The summed E-state index contributed by atoms with van der Waals surface area (Å²) in [5, 5.41) is 10.3. The molecular weight excluding hydrogens is 416 g/mol. The predicted octanol–water partition coefficient (Wildman–Crippen LogP) is 4.28. The number of carbonyl (C=O) groups is 2. The van der Waals surface area contributed by atoms with Gasteiger partial charge in [0.25, 0.3) is 5.56 Å². The van der Waals surface area contributed by atoms with Crippen molar-refractivity contribution in [2.24, 2.45) is 0 Å². The quantitative estimate of drug-likeness (QED) is 0.600. The van der Waals surface area contributed by atoms with Gasteiger partial charge in [-0.3, -0.25) is 14.4 Å². The highest BCUT2D eigenvalue weighted by atomic mass is 35.5. The maximum atomic E-state index is 12.9. The summed E-state index contributed by atoms with van der Waals surface area (Å²) in [5.41, 5.74) is 2.26. The van der Waals surface area contributed by atoms with Gasteiger partial charge in [-0.25, -0.2) is 4.68 Å². The lowest BCUT2D eigenvalue weighted by Crippen LogP contribution is -2.35. The zero-order valence-corrected chi connectivity index (χ0v) is 18.2. The van der Waals surface area contributed by atoms with E-state index in [4.69, 9.17) is 11.6 Å². The smallest absolute Gasteiger partial charge is 0.291 e. The molecule has 7 nitrogen and oxygen atoms in total. The third-order valence-electron chi connectivity index (χ3n) is 4.79. The third-order valence-corrected chi connectivity index (χ3v) is 5.04. The fourth-order valence-corrected chi connectivity index (χ4v) is 3.24. The van der Waals surface area contributed by atoms with E-state index in [1.165, 1.54) is 13.0 Å². The van der Waals surface area contributed by atoms with E-state index >= 15 is 0 Å². The zero-order valence-electron chi connectivity index (χ0n) is 17.5. The topological polar surface area (TPSA) is 93.1 Å². The Bertz CT molecular complexity index is 1170. The molecule has 0 fully saturated rings. The number of carbonyl (C=O) groups excluding carboxylic acids is 2. The van der Waals surface area contributed by atoms with Gasteiger partial charge in [0.2, 0.25) is 11.8 Å². The van der Waals surface area contributed by atoms with E-state index in [2.05, 4.69) is 15.7 Å². The second-order valence-electron chi connectivity index (χ2n) is 7.06. The van der Waals surface area contributed by atoms with Gasteiger partial charge in [-0.2, -0.15) is 5.10 Å². The van der Waals surface area contributed by atoms with E-state index in [0.29, 0.717) is 22.0 Å². The van der Waals surface area contributed by atoms with Gasteiger partial charge in [-0.15, -0.1) is 0 Å². The minimum atomic E-state index is -0.919. The summed E-state index contributed by atoms with van der Waals surface area (Å²) in [6.07, 6.45) is 0.752. The largest absolute Gasteiger partial charge is 0.324 e. The van der Waals surface area contributed by atoms with Crippen LogP contribution in [0.3, 0.4) is 0 Å². The van der Waals surface area contributed by atoms with Crippen molar-refractivity contribution in [1.29, 1.82) is 0 Å². The molecule has 8 heteroatoms. The van der Waals surface area contributed by atoms with Gasteiger partial charge >= 0.3 is 0 Å². The van der Waals surface area contributed by atoms with Crippen molar-refractivity contribution in [2.45, 2.75) is 33.2 Å². The Labute approximate surface area is 185 Å². The number of nitrogens with one attached hydrogen (secondary N) is 2. The van der Waals surface area contributed by atoms with Gasteiger partial charge in [0.1, 0.15) is 11.7 Å². The van der Waals surface area contributed by atoms with Crippen LogP contribution in [0.2, 0.25) is 5.02 Å². The maximum Gasteiger partial charge on any atom is 0.291 e. The van der Waals surface area contributed by atoms with Crippen LogP contribution in [0, 0.1) is 0 Å². The first-order valence-corrected chi connectivity index (χ1v) is 10.2. The Balaban J connectivity index is 2.02. The molecule has 0 spiro atoms. The van der Waals surface area contributed by atoms with Crippen molar-refractivity contribution in [3.05, 3.63) is 75.5 Å². The van der Waals surface area contributed by atoms with Crippen LogP contribution < -0.4 is 16.2 Å². The molecule has 3 rings (SSSR count). The average molecular weight is 439 g/mol. The molecule has 2 aromatic carbocycles. The summed E-state index contributed by atoms with van der Waals surface area (Å²) in [4.78, 5) is 37.5.